The lowest BCUT2D eigenvalue weighted by molar-refractivity contribution is 0.245. The molecule has 0 unspecified atom stereocenters. The topological polar surface area (TPSA) is 46.2 Å². The van der Waals surface area contributed by atoms with Gasteiger partial charge in [0.15, 0.2) is 0 Å². The Morgan fingerprint density at radius 1 is 1.25 bits per heavy atom. The molecule has 16 heavy (non-hydrogen) atoms. The molecule has 1 aromatic carbocycles. The summed E-state index contributed by atoms with van der Waals surface area (Å²) in [6.45, 7) is 0. The number of aryl methyl sites for hydroxylation is 1. The zero-order chi connectivity index (χ0) is 11.3. The van der Waals surface area contributed by atoms with Crippen LogP contribution in [0.4, 0.5) is 0 Å². The van der Waals surface area contributed by atoms with Crippen LogP contribution in [0.2, 0.25) is 5.02 Å². The third-order valence-electron chi connectivity index (χ3n) is 4.09. The van der Waals surface area contributed by atoms with Gasteiger partial charge in [-0.1, -0.05) is 11.6 Å². The van der Waals surface area contributed by atoms with Crippen LogP contribution >= 0.6 is 11.6 Å². The predicted octanol–water partition coefficient (Wildman–Crippen LogP) is 2.87. The Kier molecular flexibility index (Phi) is 2.20. The smallest absolute Gasteiger partial charge is 0.139 e. The average Bonchev–Trinajstić information content (AvgIpc) is 2.68. The fourth-order valence-electron chi connectivity index (χ4n) is 2.89. The van der Waals surface area contributed by atoms with Crippen molar-refractivity contribution in [1.29, 1.82) is 0 Å². The van der Waals surface area contributed by atoms with Gasteiger partial charge in [-0.15, -0.1) is 0 Å². The molecule has 1 saturated carbocycles. The lowest BCUT2D eigenvalue weighted by Crippen LogP contribution is -2.43. The van der Waals surface area contributed by atoms with Gasteiger partial charge >= 0.3 is 0 Å². The van der Waals surface area contributed by atoms with Crippen LogP contribution in [-0.2, 0) is 18.4 Å². The number of aromatic hydroxyl groups is 1. The van der Waals surface area contributed by atoms with Crippen molar-refractivity contribution >= 4 is 11.6 Å². The number of hydrogen-bond acceptors (Lipinski definition) is 2. The second kappa shape index (κ2) is 3.38. The van der Waals surface area contributed by atoms with E-state index in [4.69, 9.17) is 17.3 Å². The van der Waals surface area contributed by atoms with Gasteiger partial charge in [0.25, 0.3) is 0 Å². The average molecular weight is 238 g/mol. The fraction of sp³-hybridized carbons (Fsp3) is 0.538. The highest BCUT2D eigenvalue weighted by molar-refractivity contribution is 6.33. The van der Waals surface area contributed by atoms with Crippen molar-refractivity contribution in [2.45, 2.75) is 44.1 Å². The summed E-state index contributed by atoms with van der Waals surface area (Å²) in [5.74, 6) is 0.226. The first-order valence-electron chi connectivity index (χ1n) is 5.94. The molecule has 0 atom stereocenters. The van der Waals surface area contributed by atoms with Gasteiger partial charge in [0.1, 0.15) is 5.75 Å². The van der Waals surface area contributed by atoms with Crippen molar-refractivity contribution in [1.82, 2.24) is 0 Å². The number of phenolic OH excluding ortho intramolecular Hbond substituents is 1. The Bertz CT molecular complexity index is 452. The minimum Gasteiger partial charge on any atom is -0.506 e. The van der Waals surface area contributed by atoms with Crippen LogP contribution < -0.4 is 5.73 Å². The number of hydrogen-bond donors (Lipinski definition) is 2. The van der Waals surface area contributed by atoms with E-state index < -0.39 is 0 Å². The molecule has 2 aliphatic rings. The summed E-state index contributed by atoms with van der Waals surface area (Å²) in [7, 11) is 0. The minimum atomic E-state index is -0.328. The molecular formula is C13H16ClNO. The zero-order valence-electron chi connectivity index (χ0n) is 9.22. The first-order chi connectivity index (χ1) is 7.62. The molecule has 0 saturated heterocycles. The summed E-state index contributed by atoms with van der Waals surface area (Å²) in [6, 6.07) is 2.09. The van der Waals surface area contributed by atoms with Crippen molar-refractivity contribution < 1.29 is 5.11 Å². The molecule has 2 aliphatic carbocycles. The second-order valence-corrected chi connectivity index (χ2v) is 5.47. The van der Waals surface area contributed by atoms with Crippen molar-refractivity contribution in [3.8, 4) is 5.75 Å². The first kappa shape index (κ1) is 10.4. The van der Waals surface area contributed by atoms with E-state index in [9.17, 15) is 5.11 Å². The van der Waals surface area contributed by atoms with E-state index in [1.54, 1.807) is 0 Å². The summed E-state index contributed by atoms with van der Waals surface area (Å²) in [5.41, 5.74) is 9.22. The van der Waals surface area contributed by atoms with Gasteiger partial charge in [-0.25, -0.2) is 0 Å². The Morgan fingerprint density at radius 2 is 2.00 bits per heavy atom. The highest BCUT2D eigenvalue weighted by Gasteiger charge is 2.38. The molecule has 0 bridgehead atoms. The number of rotatable bonds is 1. The Hall–Kier alpha value is -0.730. The maximum absolute atomic E-state index is 10.2. The molecule has 86 valence electrons. The number of benzene rings is 1. The van der Waals surface area contributed by atoms with Gasteiger partial charge in [0.2, 0.25) is 0 Å². The predicted molar refractivity (Wildman–Crippen MR) is 64.9 cm³/mol. The molecule has 1 aromatic rings. The molecule has 0 radical (unpaired) electrons. The van der Waals surface area contributed by atoms with Gasteiger partial charge < -0.3 is 10.8 Å². The molecule has 2 nitrogen and oxygen atoms in total. The van der Waals surface area contributed by atoms with E-state index in [1.807, 2.05) is 0 Å². The quantitative estimate of drug-likeness (QED) is 0.789. The number of phenols is 1. The van der Waals surface area contributed by atoms with Crippen LogP contribution in [0.5, 0.6) is 5.75 Å². The van der Waals surface area contributed by atoms with Crippen LogP contribution in [0.25, 0.3) is 0 Å². The molecule has 3 N–H and O–H groups in total. The Morgan fingerprint density at radius 3 is 2.62 bits per heavy atom. The van der Waals surface area contributed by atoms with Crippen LogP contribution in [0.15, 0.2) is 6.07 Å². The van der Waals surface area contributed by atoms with E-state index in [1.165, 1.54) is 5.56 Å². The fourth-order valence-corrected chi connectivity index (χ4v) is 3.21. The molecule has 3 heteroatoms. The third kappa shape index (κ3) is 1.30. The zero-order valence-corrected chi connectivity index (χ0v) is 9.98. The molecule has 0 heterocycles. The summed E-state index contributed by atoms with van der Waals surface area (Å²) in [5, 5.41) is 10.7. The maximum atomic E-state index is 10.2. The number of halogens is 1. The third-order valence-corrected chi connectivity index (χ3v) is 4.50. The molecule has 0 aliphatic heterocycles. The Labute approximate surface area is 100 Å². The van der Waals surface area contributed by atoms with E-state index in [-0.39, 0.29) is 11.3 Å². The van der Waals surface area contributed by atoms with Crippen molar-refractivity contribution in [3.05, 3.63) is 27.8 Å². The maximum Gasteiger partial charge on any atom is 0.139 e. The monoisotopic (exact) mass is 237 g/mol. The first-order valence-corrected chi connectivity index (χ1v) is 6.32. The molecule has 1 fully saturated rings. The molecular weight excluding hydrogens is 222 g/mol. The van der Waals surface area contributed by atoms with E-state index in [0.29, 0.717) is 5.02 Å². The van der Waals surface area contributed by atoms with Gasteiger partial charge in [0, 0.05) is 11.1 Å². The van der Waals surface area contributed by atoms with Crippen LogP contribution in [0.1, 0.15) is 42.4 Å². The highest BCUT2D eigenvalue weighted by atomic mass is 35.5. The highest BCUT2D eigenvalue weighted by Crippen LogP contribution is 2.47. The van der Waals surface area contributed by atoms with Gasteiger partial charge in [-0.3, -0.25) is 0 Å². The minimum absolute atomic E-state index is 0.226. The second-order valence-electron chi connectivity index (χ2n) is 5.09. The van der Waals surface area contributed by atoms with Gasteiger partial charge in [-0.2, -0.15) is 0 Å². The van der Waals surface area contributed by atoms with Gasteiger partial charge in [-0.05, 0) is 55.7 Å². The van der Waals surface area contributed by atoms with Crippen molar-refractivity contribution in [3.63, 3.8) is 0 Å². The lowest BCUT2D eigenvalue weighted by atomic mass is 9.72. The summed E-state index contributed by atoms with van der Waals surface area (Å²) >= 11 is 6.23. The largest absolute Gasteiger partial charge is 0.506 e. The van der Waals surface area contributed by atoms with Gasteiger partial charge in [0.05, 0.1) is 5.02 Å². The number of fused-ring (bicyclic) bond motifs is 1. The molecule has 0 aromatic heterocycles. The standard InChI is InChI=1S/C13H16ClNO/c14-11-9-4-1-3-8(9)7-10(12(11)16)13(15)5-2-6-13/h7,16H,1-6,15H2. The van der Waals surface area contributed by atoms with Crippen LogP contribution in [0.3, 0.4) is 0 Å². The van der Waals surface area contributed by atoms with Crippen molar-refractivity contribution in [2.75, 3.05) is 0 Å². The summed E-state index contributed by atoms with van der Waals surface area (Å²) in [4.78, 5) is 0. The van der Waals surface area contributed by atoms with Crippen LogP contribution in [0, 0.1) is 0 Å². The summed E-state index contributed by atoms with van der Waals surface area (Å²) in [6.07, 6.45) is 6.24. The summed E-state index contributed by atoms with van der Waals surface area (Å²) < 4.78 is 0. The Balaban J connectivity index is 2.16. The van der Waals surface area contributed by atoms with E-state index in [0.717, 1.165) is 49.7 Å². The normalized spacial score (nSPS) is 21.6. The molecule has 0 amide bonds. The van der Waals surface area contributed by atoms with E-state index in [2.05, 4.69) is 6.07 Å². The lowest BCUT2D eigenvalue weighted by Gasteiger charge is -2.39. The molecule has 0 spiro atoms. The molecule has 3 rings (SSSR count). The SMILES string of the molecule is NC1(c2cc3c(c(Cl)c2O)CCC3)CCC1. The van der Waals surface area contributed by atoms with Crippen LogP contribution in [-0.4, -0.2) is 5.11 Å². The van der Waals surface area contributed by atoms with E-state index >= 15 is 0 Å². The number of nitrogens with two attached hydrogens (primary N) is 1. The van der Waals surface area contributed by atoms with Crippen molar-refractivity contribution in [2.24, 2.45) is 5.73 Å².